The zero-order valence-corrected chi connectivity index (χ0v) is 10.0. The van der Waals surface area contributed by atoms with Crippen LogP contribution in [0.4, 0.5) is 10.1 Å². The molecule has 0 radical (unpaired) electrons. The van der Waals surface area contributed by atoms with Crippen LogP contribution in [0.3, 0.4) is 0 Å². The molecule has 0 atom stereocenters. The third-order valence-electron chi connectivity index (χ3n) is 2.59. The zero-order chi connectivity index (χ0) is 12.7. The van der Waals surface area contributed by atoms with Gasteiger partial charge in [0.1, 0.15) is 10.8 Å². The van der Waals surface area contributed by atoms with E-state index in [0.717, 1.165) is 0 Å². The zero-order valence-electron chi connectivity index (χ0n) is 9.25. The van der Waals surface area contributed by atoms with Crippen molar-refractivity contribution in [1.82, 2.24) is 0 Å². The van der Waals surface area contributed by atoms with Crippen molar-refractivity contribution in [2.45, 2.75) is 0 Å². The molecule has 0 N–H and O–H groups in total. The number of anilines is 1. The minimum atomic E-state index is -0.752. The molecule has 2 aromatic rings. The maximum Gasteiger partial charge on any atom is 0.245 e. The SMILES string of the molecule is CN(C)c1ccc(-c2c(Cl)c(=O)c2=O)c(F)c1. The van der Waals surface area contributed by atoms with Crippen molar-refractivity contribution in [3.8, 4) is 11.1 Å². The molecule has 2 rings (SSSR count). The predicted octanol–water partition coefficient (Wildman–Crippen LogP) is 1.81. The summed E-state index contributed by atoms with van der Waals surface area (Å²) in [6.07, 6.45) is 0. The van der Waals surface area contributed by atoms with E-state index in [0.29, 0.717) is 5.69 Å². The van der Waals surface area contributed by atoms with Crippen LogP contribution in [0.15, 0.2) is 27.8 Å². The molecule has 0 heterocycles. The predicted molar refractivity (Wildman–Crippen MR) is 66.1 cm³/mol. The number of halogens is 2. The standard InChI is InChI=1S/C12H9ClFNO2/c1-15(2)6-3-4-7(8(14)5-6)9-10(13)12(17)11(9)16/h3-5H,1-2H3. The smallest absolute Gasteiger partial charge is 0.245 e. The lowest BCUT2D eigenvalue weighted by atomic mass is 10.0. The highest BCUT2D eigenvalue weighted by atomic mass is 35.5. The molecule has 0 spiro atoms. The summed E-state index contributed by atoms with van der Waals surface area (Å²) < 4.78 is 13.8. The first-order valence-electron chi connectivity index (χ1n) is 4.89. The summed E-state index contributed by atoms with van der Waals surface area (Å²) in [4.78, 5) is 24.0. The molecule has 3 nitrogen and oxygen atoms in total. The largest absolute Gasteiger partial charge is 0.378 e. The average molecular weight is 254 g/mol. The topological polar surface area (TPSA) is 37.4 Å². The summed E-state index contributed by atoms with van der Waals surface area (Å²) in [5.41, 5.74) is -0.769. The molecule has 0 unspecified atom stereocenters. The first-order chi connectivity index (χ1) is 7.93. The maximum atomic E-state index is 13.8. The molecule has 0 amide bonds. The van der Waals surface area contributed by atoms with Crippen LogP contribution in [0.5, 0.6) is 0 Å². The van der Waals surface area contributed by atoms with E-state index in [1.807, 2.05) is 0 Å². The third kappa shape index (κ3) is 1.74. The molecule has 5 heteroatoms. The molecule has 0 fully saturated rings. The Hall–Kier alpha value is -1.68. The summed E-state index contributed by atoms with van der Waals surface area (Å²) in [6.45, 7) is 0. The fourth-order valence-corrected chi connectivity index (χ4v) is 1.86. The van der Waals surface area contributed by atoms with Gasteiger partial charge in [-0.3, -0.25) is 9.59 Å². The van der Waals surface area contributed by atoms with Crippen LogP contribution >= 0.6 is 11.6 Å². The van der Waals surface area contributed by atoms with Crippen LogP contribution in [0.25, 0.3) is 11.1 Å². The van der Waals surface area contributed by atoms with Crippen LogP contribution in [-0.4, -0.2) is 14.1 Å². The molecule has 2 aromatic carbocycles. The van der Waals surface area contributed by atoms with Gasteiger partial charge in [0.2, 0.25) is 10.9 Å². The molecule has 0 aromatic heterocycles. The van der Waals surface area contributed by atoms with Crippen molar-refractivity contribution in [2.75, 3.05) is 19.0 Å². The lowest BCUT2D eigenvalue weighted by molar-refractivity contribution is 0.631. The second-order valence-corrected chi connectivity index (χ2v) is 4.28. The fourth-order valence-electron chi connectivity index (χ4n) is 1.59. The van der Waals surface area contributed by atoms with Crippen molar-refractivity contribution < 1.29 is 4.39 Å². The molecular formula is C12H9ClFNO2. The van der Waals surface area contributed by atoms with Crippen LogP contribution in [0.2, 0.25) is 5.02 Å². The van der Waals surface area contributed by atoms with Crippen molar-refractivity contribution in [3.05, 3.63) is 49.5 Å². The van der Waals surface area contributed by atoms with E-state index in [1.165, 1.54) is 12.1 Å². The van der Waals surface area contributed by atoms with Gasteiger partial charge in [-0.2, -0.15) is 0 Å². The van der Waals surface area contributed by atoms with Gasteiger partial charge < -0.3 is 4.90 Å². The Bertz CT molecular complexity index is 657. The lowest BCUT2D eigenvalue weighted by Crippen LogP contribution is -2.33. The Morgan fingerprint density at radius 2 is 1.82 bits per heavy atom. The number of rotatable bonds is 2. The molecular weight excluding hydrogens is 245 g/mol. The monoisotopic (exact) mass is 253 g/mol. The Kier molecular flexibility index (Phi) is 2.75. The Labute approximate surface area is 102 Å². The van der Waals surface area contributed by atoms with Gasteiger partial charge in [0.05, 0.1) is 5.56 Å². The van der Waals surface area contributed by atoms with Crippen molar-refractivity contribution in [2.24, 2.45) is 0 Å². The molecule has 17 heavy (non-hydrogen) atoms. The van der Waals surface area contributed by atoms with E-state index in [-0.39, 0.29) is 16.1 Å². The lowest BCUT2D eigenvalue weighted by Gasteiger charge is -2.14. The first kappa shape index (κ1) is 11.8. The van der Waals surface area contributed by atoms with Gasteiger partial charge in [-0.25, -0.2) is 4.39 Å². The highest BCUT2D eigenvalue weighted by Gasteiger charge is 2.23. The highest BCUT2D eigenvalue weighted by molar-refractivity contribution is 6.34. The van der Waals surface area contributed by atoms with Gasteiger partial charge in [0.15, 0.2) is 0 Å². The molecule has 0 aliphatic carbocycles. The Morgan fingerprint density at radius 3 is 2.29 bits per heavy atom. The highest BCUT2D eigenvalue weighted by Crippen LogP contribution is 2.28. The summed E-state index contributed by atoms with van der Waals surface area (Å²) in [7, 11) is 3.55. The summed E-state index contributed by atoms with van der Waals surface area (Å²) in [5.74, 6) is -0.565. The van der Waals surface area contributed by atoms with Crippen LogP contribution < -0.4 is 15.8 Å². The number of hydrogen-bond donors (Lipinski definition) is 0. The van der Waals surface area contributed by atoms with Gasteiger partial charge in [-0.05, 0) is 18.2 Å². The van der Waals surface area contributed by atoms with Gasteiger partial charge in [-0.1, -0.05) is 11.6 Å². The van der Waals surface area contributed by atoms with Gasteiger partial charge in [-0.15, -0.1) is 0 Å². The maximum absolute atomic E-state index is 13.8. The van der Waals surface area contributed by atoms with E-state index < -0.39 is 16.7 Å². The molecule has 88 valence electrons. The van der Waals surface area contributed by atoms with Gasteiger partial charge in [0.25, 0.3) is 0 Å². The fraction of sp³-hybridized carbons (Fsp3) is 0.167. The van der Waals surface area contributed by atoms with E-state index in [9.17, 15) is 14.0 Å². The van der Waals surface area contributed by atoms with Crippen LogP contribution in [-0.2, 0) is 0 Å². The number of hydrogen-bond acceptors (Lipinski definition) is 3. The number of benzene rings is 1. The molecule has 0 aliphatic rings. The second-order valence-electron chi connectivity index (χ2n) is 3.91. The van der Waals surface area contributed by atoms with Crippen molar-refractivity contribution in [3.63, 3.8) is 0 Å². The quantitative estimate of drug-likeness (QED) is 0.766. The van der Waals surface area contributed by atoms with Crippen LogP contribution in [0.1, 0.15) is 0 Å². The molecule has 0 bridgehead atoms. The Balaban J connectivity index is 2.56. The molecule has 0 aliphatic heterocycles. The number of nitrogens with zero attached hydrogens (tertiary/aromatic N) is 1. The van der Waals surface area contributed by atoms with Gasteiger partial charge in [0, 0.05) is 25.3 Å². The normalized spacial score (nSPS) is 10.8. The first-order valence-corrected chi connectivity index (χ1v) is 5.27. The minimum absolute atomic E-state index is 0.0283. The molecule has 0 saturated carbocycles. The van der Waals surface area contributed by atoms with E-state index in [2.05, 4.69) is 0 Å². The third-order valence-corrected chi connectivity index (χ3v) is 2.95. The van der Waals surface area contributed by atoms with Gasteiger partial charge >= 0.3 is 0 Å². The van der Waals surface area contributed by atoms with E-state index in [4.69, 9.17) is 11.6 Å². The summed E-state index contributed by atoms with van der Waals surface area (Å²) in [6, 6.07) is 4.40. The van der Waals surface area contributed by atoms with E-state index in [1.54, 1.807) is 25.1 Å². The average Bonchev–Trinajstić information content (AvgIpc) is 2.30. The molecule has 0 saturated heterocycles. The van der Waals surface area contributed by atoms with Crippen LogP contribution in [0, 0.1) is 5.82 Å². The van der Waals surface area contributed by atoms with E-state index >= 15 is 0 Å². The summed E-state index contributed by atoms with van der Waals surface area (Å²) >= 11 is 5.60. The second kappa shape index (κ2) is 3.96. The summed E-state index contributed by atoms with van der Waals surface area (Å²) in [5, 5.41) is -0.188. The minimum Gasteiger partial charge on any atom is -0.378 e. The van der Waals surface area contributed by atoms with Crippen molar-refractivity contribution in [1.29, 1.82) is 0 Å². The van der Waals surface area contributed by atoms with Crippen molar-refractivity contribution >= 4 is 17.3 Å². The Morgan fingerprint density at radius 1 is 1.18 bits per heavy atom.